The quantitative estimate of drug-likeness (QED) is 0.628. The smallest absolute Gasteiger partial charge is 0.303 e. The van der Waals surface area contributed by atoms with E-state index in [0.717, 1.165) is 5.56 Å². The first kappa shape index (κ1) is 15.3. The van der Waals surface area contributed by atoms with Crippen LogP contribution in [0.4, 0.5) is 0 Å². The second kappa shape index (κ2) is 7.04. The fourth-order valence-corrected chi connectivity index (χ4v) is 2.12. The van der Waals surface area contributed by atoms with Gasteiger partial charge in [-0.3, -0.25) is 9.59 Å². The van der Waals surface area contributed by atoms with Gasteiger partial charge in [-0.05, 0) is 11.6 Å². The molecule has 0 radical (unpaired) electrons. The van der Waals surface area contributed by atoms with E-state index in [9.17, 15) is 9.59 Å². The van der Waals surface area contributed by atoms with Crippen molar-refractivity contribution in [1.82, 2.24) is 0 Å². The summed E-state index contributed by atoms with van der Waals surface area (Å²) < 4.78 is 16.1. The van der Waals surface area contributed by atoms with Crippen LogP contribution in [0.25, 0.3) is 0 Å². The first-order valence-corrected chi connectivity index (χ1v) is 6.75. The maximum atomic E-state index is 11.1. The molecule has 0 spiro atoms. The van der Waals surface area contributed by atoms with Gasteiger partial charge < -0.3 is 14.2 Å². The Hall–Kier alpha value is -2.14. The topological polar surface area (TPSA) is 61.8 Å². The van der Waals surface area contributed by atoms with Crippen molar-refractivity contribution >= 4 is 11.9 Å². The van der Waals surface area contributed by atoms with E-state index in [1.807, 2.05) is 36.4 Å². The Morgan fingerprint density at radius 3 is 2.43 bits per heavy atom. The third-order valence-corrected chi connectivity index (χ3v) is 3.04. The molecule has 112 valence electrons. The molecule has 2 rings (SSSR count). The van der Waals surface area contributed by atoms with Gasteiger partial charge in [0.2, 0.25) is 0 Å². The summed E-state index contributed by atoms with van der Waals surface area (Å²) in [5, 5.41) is 0. The van der Waals surface area contributed by atoms with Crippen molar-refractivity contribution in [2.24, 2.45) is 0 Å². The largest absolute Gasteiger partial charge is 0.463 e. The molecule has 5 heteroatoms. The summed E-state index contributed by atoms with van der Waals surface area (Å²) in [6, 6.07) is 9.67. The molecule has 3 atom stereocenters. The van der Waals surface area contributed by atoms with Gasteiger partial charge in [0.15, 0.2) is 0 Å². The van der Waals surface area contributed by atoms with Crippen LogP contribution in [0.2, 0.25) is 0 Å². The normalized spacial score (nSPS) is 24.4. The van der Waals surface area contributed by atoms with Crippen LogP contribution in [0.3, 0.4) is 0 Å². The van der Waals surface area contributed by atoms with Gasteiger partial charge in [-0.25, -0.2) is 0 Å². The summed E-state index contributed by atoms with van der Waals surface area (Å²) in [6.45, 7) is 2.70. The maximum absolute atomic E-state index is 11.1. The van der Waals surface area contributed by atoms with Crippen LogP contribution in [0, 0.1) is 0 Å². The van der Waals surface area contributed by atoms with Crippen molar-refractivity contribution in [3.63, 3.8) is 0 Å². The van der Waals surface area contributed by atoms with Gasteiger partial charge in [0.25, 0.3) is 0 Å². The van der Waals surface area contributed by atoms with E-state index in [0.29, 0.717) is 0 Å². The molecule has 0 N–H and O–H groups in total. The van der Waals surface area contributed by atoms with Crippen molar-refractivity contribution in [2.45, 2.75) is 32.2 Å². The average molecular weight is 290 g/mol. The predicted molar refractivity (Wildman–Crippen MR) is 75.4 cm³/mol. The highest BCUT2D eigenvalue weighted by molar-refractivity contribution is 5.66. The van der Waals surface area contributed by atoms with Crippen LogP contribution in [0.5, 0.6) is 0 Å². The molecule has 0 amide bonds. The van der Waals surface area contributed by atoms with E-state index in [2.05, 4.69) is 0 Å². The number of hydrogen-bond donors (Lipinski definition) is 0. The Morgan fingerprint density at radius 2 is 1.81 bits per heavy atom. The Kier molecular flexibility index (Phi) is 5.11. The molecule has 0 saturated heterocycles. The van der Waals surface area contributed by atoms with Crippen molar-refractivity contribution in [3.05, 3.63) is 48.0 Å². The lowest BCUT2D eigenvalue weighted by molar-refractivity contribution is -0.163. The molecule has 0 unspecified atom stereocenters. The summed E-state index contributed by atoms with van der Waals surface area (Å²) in [5.74, 6) is -0.801. The SMILES string of the molecule is CC(=O)OC[C@H]1O[C@H](c2ccccc2)C=C[C@@H]1OC(C)=O. The fourth-order valence-electron chi connectivity index (χ4n) is 2.12. The number of hydrogen-bond acceptors (Lipinski definition) is 5. The zero-order chi connectivity index (χ0) is 15.2. The van der Waals surface area contributed by atoms with Gasteiger partial charge in [0, 0.05) is 13.8 Å². The molecule has 1 aromatic rings. The highest BCUT2D eigenvalue weighted by Gasteiger charge is 2.31. The van der Waals surface area contributed by atoms with E-state index in [4.69, 9.17) is 14.2 Å². The molecule has 21 heavy (non-hydrogen) atoms. The lowest BCUT2D eigenvalue weighted by Gasteiger charge is -2.31. The van der Waals surface area contributed by atoms with E-state index in [1.165, 1.54) is 13.8 Å². The van der Waals surface area contributed by atoms with Gasteiger partial charge in [0.1, 0.15) is 24.9 Å². The third kappa shape index (κ3) is 4.43. The van der Waals surface area contributed by atoms with Gasteiger partial charge in [-0.15, -0.1) is 0 Å². The second-order valence-electron chi connectivity index (χ2n) is 4.77. The second-order valence-corrected chi connectivity index (χ2v) is 4.77. The Bertz CT molecular complexity index is 523. The predicted octanol–water partition coefficient (Wildman–Crippen LogP) is 2.18. The average Bonchev–Trinajstić information content (AvgIpc) is 2.46. The molecular weight excluding hydrogens is 272 g/mol. The zero-order valence-corrected chi connectivity index (χ0v) is 12.0. The zero-order valence-electron chi connectivity index (χ0n) is 12.0. The minimum absolute atomic E-state index is 0.0426. The van der Waals surface area contributed by atoms with Gasteiger partial charge in [0.05, 0.1) is 0 Å². The van der Waals surface area contributed by atoms with E-state index < -0.39 is 24.1 Å². The summed E-state index contributed by atoms with van der Waals surface area (Å²) in [7, 11) is 0. The molecule has 0 bridgehead atoms. The Balaban J connectivity index is 2.12. The number of carbonyl (C=O) groups excluding carboxylic acids is 2. The van der Waals surface area contributed by atoms with E-state index >= 15 is 0 Å². The van der Waals surface area contributed by atoms with Crippen molar-refractivity contribution in [1.29, 1.82) is 0 Å². The van der Waals surface area contributed by atoms with Crippen LogP contribution in [0.15, 0.2) is 42.5 Å². The minimum atomic E-state index is -0.554. The summed E-state index contributed by atoms with van der Waals surface area (Å²) >= 11 is 0. The molecule has 0 aromatic heterocycles. The summed E-state index contributed by atoms with van der Waals surface area (Å²) in [6.07, 6.45) is 2.29. The lowest BCUT2D eigenvalue weighted by atomic mass is 10.0. The van der Waals surface area contributed by atoms with Gasteiger partial charge in [-0.2, -0.15) is 0 Å². The summed E-state index contributed by atoms with van der Waals surface area (Å²) in [5.41, 5.74) is 0.989. The number of esters is 2. The standard InChI is InChI=1S/C16H18O5/c1-11(17)19-10-16-15(20-12(2)18)9-8-14(21-16)13-6-4-3-5-7-13/h3-9,14-16H,10H2,1-2H3/t14-,15-,16+/m0/s1. The Labute approximate surface area is 123 Å². The number of carbonyl (C=O) groups is 2. The van der Waals surface area contributed by atoms with Crippen molar-refractivity contribution < 1.29 is 23.8 Å². The number of ether oxygens (including phenoxy) is 3. The van der Waals surface area contributed by atoms with Crippen LogP contribution >= 0.6 is 0 Å². The Morgan fingerprint density at radius 1 is 1.10 bits per heavy atom. The summed E-state index contributed by atoms with van der Waals surface area (Å²) in [4.78, 5) is 22.1. The third-order valence-electron chi connectivity index (χ3n) is 3.04. The highest BCUT2D eigenvalue weighted by Crippen LogP contribution is 2.27. The lowest BCUT2D eigenvalue weighted by Crippen LogP contribution is -2.39. The number of benzene rings is 1. The van der Waals surface area contributed by atoms with Crippen LogP contribution < -0.4 is 0 Å². The van der Waals surface area contributed by atoms with E-state index in [-0.39, 0.29) is 12.7 Å². The van der Waals surface area contributed by atoms with E-state index in [1.54, 1.807) is 6.08 Å². The van der Waals surface area contributed by atoms with Crippen LogP contribution in [0.1, 0.15) is 25.5 Å². The van der Waals surface area contributed by atoms with Crippen LogP contribution in [-0.4, -0.2) is 30.8 Å². The van der Waals surface area contributed by atoms with Gasteiger partial charge in [-0.1, -0.05) is 36.4 Å². The molecular formula is C16H18O5. The highest BCUT2D eigenvalue weighted by atomic mass is 16.6. The molecule has 1 aromatic carbocycles. The molecule has 1 aliphatic rings. The first-order valence-electron chi connectivity index (χ1n) is 6.75. The van der Waals surface area contributed by atoms with Crippen molar-refractivity contribution in [3.8, 4) is 0 Å². The molecule has 1 aliphatic heterocycles. The van der Waals surface area contributed by atoms with Crippen LogP contribution in [-0.2, 0) is 23.8 Å². The van der Waals surface area contributed by atoms with Gasteiger partial charge >= 0.3 is 11.9 Å². The minimum Gasteiger partial charge on any atom is -0.463 e. The monoisotopic (exact) mass is 290 g/mol. The number of rotatable bonds is 4. The van der Waals surface area contributed by atoms with Crippen molar-refractivity contribution in [2.75, 3.05) is 6.61 Å². The molecule has 0 saturated carbocycles. The first-order chi connectivity index (χ1) is 10.1. The molecule has 1 heterocycles. The molecule has 0 fully saturated rings. The fraction of sp³-hybridized carbons (Fsp3) is 0.375. The molecule has 0 aliphatic carbocycles. The maximum Gasteiger partial charge on any atom is 0.303 e. The molecule has 5 nitrogen and oxygen atoms in total.